The number of rotatable bonds is 5. The predicted molar refractivity (Wildman–Crippen MR) is 87.2 cm³/mol. The SMILES string of the molecule is Cl.NCC(NC(=O)c1cc(-c2ccc(Cl)cc2)on1)C1CC1. The van der Waals surface area contributed by atoms with Crippen molar-refractivity contribution in [1.29, 1.82) is 0 Å². The first-order valence-electron chi connectivity index (χ1n) is 6.91. The summed E-state index contributed by atoms with van der Waals surface area (Å²) in [6.45, 7) is 0.443. The van der Waals surface area contributed by atoms with Crippen molar-refractivity contribution in [3.8, 4) is 11.3 Å². The van der Waals surface area contributed by atoms with Gasteiger partial charge in [0.25, 0.3) is 5.91 Å². The first kappa shape index (κ1) is 16.8. The molecule has 3 N–H and O–H groups in total. The first-order chi connectivity index (χ1) is 10.2. The van der Waals surface area contributed by atoms with E-state index in [9.17, 15) is 4.79 Å². The lowest BCUT2D eigenvalue weighted by atomic mass is 10.1. The second-order valence-corrected chi connectivity index (χ2v) is 5.67. The summed E-state index contributed by atoms with van der Waals surface area (Å²) >= 11 is 5.84. The smallest absolute Gasteiger partial charge is 0.273 e. The molecule has 5 nitrogen and oxygen atoms in total. The highest BCUT2D eigenvalue weighted by Crippen LogP contribution is 2.32. The summed E-state index contributed by atoms with van der Waals surface area (Å²) in [6.07, 6.45) is 2.24. The number of hydrogen-bond acceptors (Lipinski definition) is 4. The van der Waals surface area contributed by atoms with Crippen molar-refractivity contribution in [1.82, 2.24) is 10.5 Å². The number of amides is 1. The highest BCUT2D eigenvalue weighted by Gasteiger charge is 2.31. The van der Waals surface area contributed by atoms with Gasteiger partial charge in [-0.05, 0) is 43.0 Å². The molecule has 1 aromatic carbocycles. The van der Waals surface area contributed by atoms with Crippen LogP contribution in [0, 0.1) is 5.92 Å². The fourth-order valence-corrected chi connectivity index (χ4v) is 2.37. The van der Waals surface area contributed by atoms with Crippen LogP contribution in [-0.2, 0) is 0 Å². The Morgan fingerprint density at radius 3 is 2.68 bits per heavy atom. The van der Waals surface area contributed by atoms with Crippen LogP contribution in [0.5, 0.6) is 0 Å². The van der Waals surface area contributed by atoms with E-state index in [0.29, 0.717) is 23.2 Å². The van der Waals surface area contributed by atoms with Crippen molar-refractivity contribution in [2.45, 2.75) is 18.9 Å². The quantitative estimate of drug-likeness (QED) is 0.875. The number of benzene rings is 1. The Kier molecular flexibility index (Phi) is 5.45. The fraction of sp³-hybridized carbons (Fsp3) is 0.333. The van der Waals surface area contributed by atoms with E-state index in [2.05, 4.69) is 10.5 Å². The number of nitrogens with two attached hydrogens (primary N) is 1. The third-order valence-corrected chi connectivity index (χ3v) is 3.88. The van der Waals surface area contributed by atoms with Crippen LogP contribution in [0.25, 0.3) is 11.3 Å². The van der Waals surface area contributed by atoms with Crippen LogP contribution < -0.4 is 11.1 Å². The zero-order valence-corrected chi connectivity index (χ0v) is 13.4. The van der Waals surface area contributed by atoms with Gasteiger partial charge in [-0.1, -0.05) is 16.8 Å². The monoisotopic (exact) mass is 341 g/mol. The molecule has 0 spiro atoms. The molecular weight excluding hydrogens is 325 g/mol. The van der Waals surface area contributed by atoms with E-state index >= 15 is 0 Å². The Hall–Kier alpha value is -1.56. The third-order valence-electron chi connectivity index (χ3n) is 3.63. The van der Waals surface area contributed by atoms with Gasteiger partial charge in [-0.2, -0.15) is 0 Å². The number of halogens is 2. The van der Waals surface area contributed by atoms with Gasteiger partial charge in [0.05, 0.1) is 0 Å². The summed E-state index contributed by atoms with van der Waals surface area (Å²) in [4.78, 5) is 12.1. The molecule has 22 heavy (non-hydrogen) atoms. The summed E-state index contributed by atoms with van der Waals surface area (Å²) in [5.74, 6) is 0.787. The Bertz CT molecular complexity index is 638. The normalized spacial score (nSPS) is 15.0. The summed E-state index contributed by atoms with van der Waals surface area (Å²) in [6, 6.07) is 8.80. The van der Waals surface area contributed by atoms with Gasteiger partial charge in [-0.15, -0.1) is 12.4 Å². The molecule has 0 saturated heterocycles. The summed E-state index contributed by atoms with van der Waals surface area (Å²) in [7, 11) is 0. The Labute approximate surface area is 139 Å². The van der Waals surface area contributed by atoms with Gasteiger partial charge in [0.15, 0.2) is 11.5 Å². The minimum atomic E-state index is -0.249. The molecule has 1 fully saturated rings. The van der Waals surface area contributed by atoms with Gasteiger partial charge < -0.3 is 15.6 Å². The van der Waals surface area contributed by atoms with Crippen molar-refractivity contribution in [2.24, 2.45) is 11.7 Å². The van der Waals surface area contributed by atoms with E-state index in [1.54, 1.807) is 18.2 Å². The van der Waals surface area contributed by atoms with Crippen molar-refractivity contribution >= 4 is 29.9 Å². The van der Waals surface area contributed by atoms with Crippen LogP contribution >= 0.6 is 24.0 Å². The van der Waals surface area contributed by atoms with E-state index < -0.39 is 0 Å². The molecule has 118 valence electrons. The van der Waals surface area contributed by atoms with Gasteiger partial charge in [-0.25, -0.2) is 0 Å². The van der Waals surface area contributed by atoms with Crippen molar-refractivity contribution in [3.63, 3.8) is 0 Å². The highest BCUT2D eigenvalue weighted by atomic mass is 35.5. The van der Waals surface area contributed by atoms with E-state index in [4.69, 9.17) is 21.9 Å². The lowest BCUT2D eigenvalue weighted by Crippen LogP contribution is -2.41. The van der Waals surface area contributed by atoms with Gasteiger partial charge in [0, 0.05) is 29.2 Å². The minimum absolute atomic E-state index is 0. The van der Waals surface area contributed by atoms with Crippen LogP contribution in [0.4, 0.5) is 0 Å². The Balaban J connectivity index is 0.00000176. The highest BCUT2D eigenvalue weighted by molar-refractivity contribution is 6.30. The van der Waals surface area contributed by atoms with Crippen LogP contribution in [-0.4, -0.2) is 23.7 Å². The van der Waals surface area contributed by atoms with Crippen LogP contribution in [0.15, 0.2) is 34.9 Å². The maximum Gasteiger partial charge on any atom is 0.273 e. The van der Waals surface area contributed by atoms with E-state index in [1.165, 1.54) is 0 Å². The topological polar surface area (TPSA) is 81.1 Å². The standard InChI is InChI=1S/C15H16ClN3O2.ClH/c16-11-5-3-10(4-6-11)14-7-12(19-21-14)15(20)18-13(8-17)9-1-2-9;/h3-7,9,13H,1-2,8,17H2,(H,18,20);1H. The molecule has 0 bridgehead atoms. The second-order valence-electron chi connectivity index (χ2n) is 5.24. The number of hydrogen-bond donors (Lipinski definition) is 2. The molecule has 1 aliphatic rings. The zero-order valence-electron chi connectivity index (χ0n) is 11.8. The Morgan fingerprint density at radius 1 is 1.41 bits per heavy atom. The van der Waals surface area contributed by atoms with E-state index in [1.807, 2.05) is 12.1 Å². The Morgan fingerprint density at radius 2 is 2.09 bits per heavy atom. The largest absolute Gasteiger partial charge is 0.355 e. The second kappa shape index (κ2) is 7.13. The van der Waals surface area contributed by atoms with Crippen LogP contribution in [0.3, 0.4) is 0 Å². The number of carbonyl (C=O) groups excluding carboxylic acids is 1. The van der Waals surface area contributed by atoms with E-state index in [-0.39, 0.29) is 30.0 Å². The maximum absolute atomic E-state index is 12.1. The van der Waals surface area contributed by atoms with E-state index in [0.717, 1.165) is 18.4 Å². The molecule has 1 saturated carbocycles. The summed E-state index contributed by atoms with van der Waals surface area (Å²) < 4.78 is 5.22. The molecule has 1 aromatic heterocycles. The lowest BCUT2D eigenvalue weighted by Gasteiger charge is -2.14. The molecule has 3 rings (SSSR count). The van der Waals surface area contributed by atoms with Gasteiger partial charge >= 0.3 is 0 Å². The van der Waals surface area contributed by atoms with Gasteiger partial charge in [-0.3, -0.25) is 4.79 Å². The minimum Gasteiger partial charge on any atom is -0.355 e. The molecule has 1 aliphatic carbocycles. The molecule has 0 aliphatic heterocycles. The van der Waals surface area contributed by atoms with Crippen molar-refractivity contribution in [2.75, 3.05) is 6.54 Å². The lowest BCUT2D eigenvalue weighted by molar-refractivity contribution is 0.0924. The molecule has 1 unspecified atom stereocenters. The number of aromatic nitrogens is 1. The van der Waals surface area contributed by atoms with Crippen LogP contribution in [0.1, 0.15) is 23.3 Å². The fourth-order valence-electron chi connectivity index (χ4n) is 2.24. The third kappa shape index (κ3) is 3.80. The number of nitrogens with one attached hydrogen (secondary N) is 1. The number of nitrogens with zero attached hydrogens (tertiary/aromatic N) is 1. The number of carbonyl (C=O) groups is 1. The average Bonchev–Trinajstić information content (AvgIpc) is 3.21. The predicted octanol–water partition coefficient (Wildman–Crippen LogP) is 2.88. The maximum atomic E-state index is 12.1. The molecular formula is C15H17Cl2N3O2. The summed E-state index contributed by atoms with van der Waals surface area (Å²) in [5.41, 5.74) is 6.77. The molecule has 1 heterocycles. The molecule has 0 radical (unpaired) electrons. The summed E-state index contributed by atoms with van der Waals surface area (Å²) in [5, 5.41) is 7.38. The zero-order chi connectivity index (χ0) is 14.8. The van der Waals surface area contributed by atoms with Crippen molar-refractivity contribution < 1.29 is 9.32 Å². The van der Waals surface area contributed by atoms with Crippen molar-refractivity contribution in [3.05, 3.63) is 41.0 Å². The average molecular weight is 342 g/mol. The first-order valence-corrected chi connectivity index (χ1v) is 7.29. The molecule has 1 amide bonds. The molecule has 7 heteroatoms. The molecule has 2 aromatic rings. The van der Waals surface area contributed by atoms with Gasteiger partial charge in [0.2, 0.25) is 0 Å². The van der Waals surface area contributed by atoms with Gasteiger partial charge in [0.1, 0.15) is 0 Å². The van der Waals surface area contributed by atoms with Crippen LogP contribution in [0.2, 0.25) is 5.02 Å². The molecule has 1 atom stereocenters.